The number of rotatable bonds is 18. The first-order chi connectivity index (χ1) is 25.2. The smallest absolute Gasteiger partial charge is 0.323 e. The summed E-state index contributed by atoms with van der Waals surface area (Å²) in [5, 5.41) is 0.992. The molecule has 0 saturated carbocycles. The van der Waals surface area contributed by atoms with Crippen LogP contribution < -0.4 is 11.5 Å². The van der Waals surface area contributed by atoms with Gasteiger partial charge in [0, 0.05) is 45.3 Å². The minimum atomic E-state index is -4.42. The lowest BCUT2D eigenvalue weighted by Crippen LogP contribution is -2.41. The van der Waals surface area contributed by atoms with Crippen LogP contribution in [0.4, 0.5) is 26.3 Å². The first-order valence-corrected chi connectivity index (χ1v) is 20.3. The lowest BCUT2D eigenvalue weighted by atomic mass is 9.95. The fourth-order valence-corrected chi connectivity index (χ4v) is 8.67. The SMILES string of the molecule is C[C@@](N)(CCCc1ccc(Sc2cccc(C(F)(F)F)c2)cc1Cl)CO[P+](=O)OC[C@](C)(N)CCCc1ccc(Sc2cccc(C(F)(F)F)c2)cc1Cl. The number of benzene rings is 4. The number of alkyl halides is 6. The molecule has 0 aliphatic rings. The lowest BCUT2D eigenvalue weighted by molar-refractivity contribution is -0.138. The van der Waals surface area contributed by atoms with Crippen molar-refractivity contribution in [2.75, 3.05) is 13.2 Å². The van der Waals surface area contributed by atoms with Crippen molar-refractivity contribution in [2.45, 2.75) is 95.4 Å². The van der Waals surface area contributed by atoms with Gasteiger partial charge in [0.1, 0.15) is 13.2 Å². The van der Waals surface area contributed by atoms with Crippen molar-refractivity contribution < 1.29 is 40.0 Å². The van der Waals surface area contributed by atoms with E-state index in [4.69, 9.17) is 43.7 Å². The molecule has 0 spiro atoms. The second-order valence-electron chi connectivity index (χ2n) is 13.5. The molecule has 0 aliphatic heterocycles. The molecule has 0 saturated heterocycles. The van der Waals surface area contributed by atoms with Gasteiger partial charge in [0.05, 0.1) is 11.1 Å². The third kappa shape index (κ3) is 14.6. The van der Waals surface area contributed by atoms with Crippen LogP contribution in [-0.4, -0.2) is 24.3 Å². The summed E-state index contributed by atoms with van der Waals surface area (Å²) >= 11 is 15.4. The Bertz CT molecular complexity index is 1760. The van der Waals surface area contributed by atoms with Crippen LogP contribution in [0.3, 0.4) is 0 Å². The Morgan fingerprint density at radius 2 is 0.981 bits per heavy atom. The molecule has 0 fully saturated rings. The molecule has 0 unspecified atom stereocenters. The standard InChI is InChI=1S/C38H40Cl2F6N2O3PS2/c1-35(47,17-5-7-25-13-15-31(21-33(25)39)53-29-11-3-9-27(19-29)37(41,42)43)23-50-52(49)51-24-36(2,48)18-6-8-26-14-16-32(22-34(26)40)54-30-12-4-10-28(20-30)38(44,45)46/h3-4,9-16,19-22H,5-8,17-18,23-24,47-48H2,1-2H3/q+1/t35-,36-/m1/s1. The average Bonchev–Trinajstić information content (AvgIpc) is 3.08. The predicted octanol–water partition coefficient (Wildman–Crippen LogP) is 12.8. The molecule has 5 nitrogen and oxygen atoms in total. The molecule has 4 aromatic carbocycles. The summed E-state index contributed by atoms with van der Waals surface area (Å²) in [6.07, 6.45) is -5.30. The van der Waals surface area contributed by atoms with Crippen LogP contribution in [0.2, 0.25) is 10.0 Å². The van der Waals surface area contributed by atoms with Crippen LogP contribution in [-0.2, 0) is 38.8 Å². The van der Waals surface area contributed by atoms with Gasteiger partial charge in [-0.15, -0.1) is 9.05 Å². The summed E-state index contributed by atoms with van der Waals surface area (Å²) in [5.41, 5.74) is 11.5. The third-order valence-corrected chi connectivity index (χ3v) is 11.6. The monoisotopic (exact) mass is 851 g/mol. The largest absolute Gasteiger partial charge is 0.697 e. The minimum absolute atomic E-state index is 0.0235. The molecule has 0 bridgehead atoms. The van der Waals surface area contributed by atoms with E-state index >= 15 is 0 Å². The van der Waals surface area contributed by atoms with E-state index in [1.807, 2.05) is 24.3 Å². The maximum absolute atomic E-state index is 13.1. The fourth-order valence-electron chi connectivity index (χ4n) is 5.28. The molecule has 54 heavy (non-hydrogen) atoms. The van der Waals surface area contributed by atoms with E-state index in [-0.39, 0.29) is 13.2 Å². The molecule has 292 valence electrons. The normalized spacial score (nSPS) is 14.4. The molecule has 16 heteroatoms. The van der Waals surface area contributed by atoms with E-state index in [2.05, 4.69) is 0 Å². The van der Waals surface area contributed by atoms with Crippen LogP contribution in [0, 0.1) is 0 Å². The highest BCUT2D eigenvalue weighted by Gasteiger charge is 2.33. The second kappa shape index (κ2) is 19.2. The van der Waals surface area contributed by atoms with Crippen LogP contribution in [0.25, 0.3) is 0 Å². The molecule has 4 aromatic rings. The van der Waals surface area contributed by atoms with Crippen molar-refractivity contribution in [3.05, 3.63) is 117 Å². The Labute approximate surface area is 330 Å². The lowest BCUT2D eigenvalue weighted by Gasteiger charge is -2.22. The first kappa shape index (κ1) is 44.4. The van der Waals surface area contributed by atoms with Gasteiger partial charge in [-0.25, -0.2) is 0 Å². The predicted molar refractivity (Wildman–Crippen MR) is 205 cm³/mol. The van der Waals surface area contributed by atoms with Gasteiger partial charge < -0.3 is 11.5 Å². The highest BCUT2D eigenvalue weighted by molar-refractivity contribution is 7.99. The molecule has 0 aromatic heterocycles. The number of nitrogens with two attached hydrogens (primary N) is 2. The van der Waals surface area contributed by atoms with Crippen molar-refractivity contribution in [1.82, 2.24) is 0 Å². The molecule has 0 aliphatic carbocycles. The third-order valence-electron chi connectivity index (χ3n) is 8.23. The molecule has 0 radical (unpaired) electrons. The molecule has 4 rings (SSSR count). The Morgan fingerprint density at radius 3 is 1.33 bits per heavy atom. The van der Waals surface area contributed by atoms with Crippen molar-refractivity contribution in [3.63, 3.8) is 0 Å². The summed E-state index contributed by atoms with van der Waals surface area (Å²) in [6, 6.07) is 21.0. The Hall–Kier alpha value is -2.32. The van der Waals surface area contributed by atoms with E-state index < -0.39 is 42.8 Å². The van der Waals surface area contributed by atoms with Gasteiger partial charge in [0.15, 0.2) is 0 Å². The Morgan fingerprint density at radius 1 is 0.611 bits per heavy atom. The van der Waals surface area contributed by atoms with Gasteiger partial charge in [0.2, 0.25) is 0 Å². The summed E-state index contributed by atoms with van der Waals surface area (Å²) < 4.78 is 102. The molecule has 0 heterocycles. The summed E-state index contributed by atoms with van der Waals surface area (Å²) in [5.74, 6) is 0. The zero-order valence-corrected chi connectivity index (χ0v) is 33.4. The fraction of sp³-hybridized carbons (Fsp3) is 0.368. The van der Waals surface area contributed by atoms with E-state index in [1.165, 1.54) is 35.7 Å². The maximum atomic E-state index is 13.1. The highest BCUT2D eigenvalue weighted by atomic mass is 35.5. The van der Waals surface area contributed by atoms with Crippen molar-refractivity contribution >= 4 is 55.0 Å². The number of hydrogen-bond acceptors (Lipinski definition) is 7. The zero-order valence-electron chi connectivity index (χ0n) is 29.4. The van der Waals surface area contributed by atoms with E-state index in [0.717, 1.165) is 35.4 Å². The van der Waals surface area contributed by atoms with Crippen LogP contribution in [0.5, 0.6) is 0 Å². The molecule has 2 atom stereocenters. The minimum Gasteiger partial charge on any atom is -0.323 e. The van der Waals surface area contributed by atoms with Gasteiger partial charge in [-0.3, -0.25) is 0 Å². The van der Waals surface area contributed by atoms with Gasteiger partial charge >= 0.3 is 20.6 Å². The van der Waals surface area contributed by atoms with Gasteiger partial charge in [-0.1, -0.05) is 71.0 Å². The number of aryl methyl sites for hydroxylation is 2. The second-order valence-corrected chi connectivity index (χ2v) is 17.6. The van der Waals surface area contributed by atoms with Crippen LogP contribution >= 0.6 is 55.0 Å². The quantitative estimate of drug-likeness (QED) is 0.0761. The first-order valence-electron chi connectivity index (χ1n) is 16.8. The summed E-state index contributed by atoms with van der Waals surface area (Å²) in [4.78, 5) is 2.33. The van der Waals surface area contributed by atoms with E-state index in [1.54, 1.807) is 38.1 Å². The van der Waals surface area contributed by atoms with Crippen LogP contribution in [0.15, 0.2) is 105 Å². The zero-order chi connectivity index (χ0) is 39.7. The molecular formula is C38H40Cl2F6N2O3PS2+. The molecule has 0 amide bonds. The van der Waals surface area contributed by atoms with Crippen molar-refractivity contribution in [2.24, 2.45) is 11.5 Å². The van der Waals surface area contributed by atoms with Gasteiger partial charge in [-0.05, 0) is 124 Å². The van der Waals surface area contributed by atoms with Crippen molar-refractivity contribution in [3.8, 4) is 0 Å². The topological polar surface area (TPSA) is 87.6 Å². The van der Waals surface area contributed by atoms with E-state index in [9.17, 15) is 30.9 Å². The Balaban J connectivity index is 1.15. The highest BCUT2D eigenvalue weighted by Crippen LogP contribution is 2.38. The number of halogens is 8. The summed E-state index contributed by atoms with van der Waals surface area (Å²) in [7, 11) is -2.49. The molecular weight excluding hydrogens is 812 g/mol. The van der Waals surface area contributed by atoms with Gasteiger partial charge in [0.25, 0.3) is 0 Å². The molecule has 4 N–H and O–H groups in total. The average molecular weight is 853 g/mol. The van der Waals surface area contributed by atoms with E-state index in [0.29, 0.717) is 68.2 Å². The van der Waals surface area contributed by atoms with Gasteiger partial charge in [-0.2, -0.15) is 26.3 Å². The Kier molecular flexibility index (Phi) is 15.8. The van der Waals surface area contributed by atoms with Crippen LogP contribution in [0.1, 0.15) is 61.8 Å². The summed E-state index contributed by atoms with van der Waals surface area (Å²) in [6.45, 7) is 3.51. The number of hydrogen-bond donors (Lipinski definition) is 2. The maximum Gasteiger partial charge on any atom is 0.697 e. The van der Waals surface area contributed by atoms with Crippen molar-refractivity contribution in [1.29, 1.82) is 0 Å².